The fraction of sp³-hybridized carbons (Fsp3) is 0.533. The van der Waals surface area contributed by atoms with E-state index in [9.17, 15) is 5.11 Å². The van der Waals surface area contributed by atoms with Crippen LogP contribution in [0.1, 0.15) is 24.8 Å². The van der Waals surface area contributed by atoms with E-state index in [0.717, 1.165) is 18.7 Å². The van der Waals surface area contributed by atoms with Gasteiger partial charge in [0.1, 0.15) is 12.7 Å². The molecule has 5 heteroatoms. The molecule has 0 aromatic heterocycles. The third-order valence-electron chi connectivity index (χ3n) is 3.34. The summed E-state index contributed by atoms with van der Waals surface area (Å²) in [5, 5.41) is 14.0. The highest BCUT2D eigenvalue weighted by molar-refractivity contribution is 6.69. The fourth-order valence-corrected chi connectivity index (χ4v) is 2.48. The van der Waals surface area contributed by atoms with Crippen LogP contribution in [-0.4, -0.2) is 47.5 Å². The molecule has 2 rings (SSSR count). The van der Waals surface area contributed by atoms with Gasteiger partial charge in [-0.2, -0.15) is 0 Å². The molecule has 0 amide bonds. The van der Waals surface area contributed by atoms with Crippen molar-refractivity contribution in [1.82, 2.24) is 4.90 Å². The van der Waals surface area contributed by atoms with Crippen molar-refractivity contribution >= 4 is 16.8 Å². The Morgan fingerprint density at radius 2 is 1.95 bits per heavy atom. The van der Waals surface area contributed by atoms with Gasteiger partial charge in [0.15, 0.2) is 5.17 Å². The minimum atomic E-state index is -0.530. The van der Waals surface area contributed by atoms with Gasteiger partial charge >= 0.3 is 0 Å². The second kappa shape index (κ2) is 8.25. The number of halogens is 1. The van der Waals surface area contributed by atoms with Crippen molar-refractivity contribution in [3.05, 3.63) is 35.9 Å². The van der Waals surface area contributed by atoms with Crippen molar-refractivity contribution in [2.24, 2.45) is 5.16 Å². The Balaban J connectivity index is 1.71. The van der Waals surface area contributed by atoms with Crippen LogP contribution < -0.4 is 0 Å². The first-order chi connectivity index (χ1) is 9.75. The van der Waals surface area contributed by atoms with Crippen LogP contribution in [0.4, 0.5) is 0 Å². The Morgan fingerprint density at radius 3 is 2.65 bits per heavy atom. The Hall–Kier alpha value is -1.10. The summed E-state index contributed by atoms with van der Waals surface area (Å²) < 4.78 is 0. The maximum atomic E-state index is 9.91. The highest BCUT2D eigenvalue weighted by atomic mass is 35.5. The molecule has 110 valence electrons. The number of likely N-dealkylation sites (tertiary alicyclic amines) is 1. The minimum absolute atomic E-state index is 0.166. The van der Waals surface area contributed by atoms with Crippen LogP contribution in [0.3, 0.4) is 0 Å². The molecule has 1 saturated heterocycles. The maximum Gasteiger partial charge on any atom is 0.175 e. The Labute approximate surface area is 125 Å². The van der Waals surface area contributed by atoms with Crippen molar-refractivity contribution in [2.75, 3.05) is 26.2 Å². The molecule has 0 aliphatic carbocycles. The minimum Gasteiger partial charge on any atom is -0.392 e. The fourth-order valence-electron chi connectivity index (χ4n) is 2.30. The number of aliphatic hydroxyl groups is 1. The van der Waals surface area contributed by atoms with Crippen LogP contribution in [0.5, 0.6) is 0 Å². The lowest BCUT2D eigenvalue weighted by molar-refractivity contribution is 0.0161. The van der Waals surface area contributed by atoms with E-state index in [4.69, 9.17) is 16.4 Å². The molecule has 1 N–H and O–H groups in total. The summed E-state index contributed by atoms with van der Waals surface area (Å²) in [6.07, 6.45) is 3.19. The summed E-state index contributed by atoms with van der Waals surface area (Å²) in [7, 11) is 0. The van der Waals surface area contributed by atoms with Gasteiger partial charge in [-0.25, -0.2) is 0 Å². The average molecular weight is 297 g/mol. The average Bonchev–Trinajstić information content (AvgIpc) is 2.49. The van der Waals surface area contributed by atoms with E-state index >= 15 is 0 Å². The highest BCUT2D eigenvalue weighted by Crippen LogP contribution is 2.09. The predicted octanol–water partition coefficient (Wildman–Crippen LogP) is 2.45. The van der Waals surface area contributed by atoms with Gasteiger partial charge in [0, 0.05) is 12.1 Å². The summed E-state index contributed by atoms with van der Waals surface area (Å²) in [5.74, 6) is 0. The molecule has 1 heterocycles. The third-order valence-corrected chi connectivity index (χ3v) is 3.63. The molecule has 1 aromatic carbocycles. The zero-order chi connectivity index (χ0) is 14.2. The van der Waals surface area contributed by atoms with E-state index in [2.05, 4.69) is 10.1 Å². The number of nitrogens with zero attached hydrogens (tertiary/aromatic N) is 2. The number of benzene rings is 1. The second-order valence-electron chi connectivity index (χ2n) is 5.06. The van der Waals surface area contributed by atoms with Gasteiger partial charge in [0.2, 0.25) is 0 Å². The second-order valence-corrected chi connectivity index (χ2v) is 5.42. The van der Waals surface area contributed by atoms with Crippen molar-refractivity contribution in [3.8, 4) is 0 Å². The molecule has 1 atom stereocenters. The molecular formula is C15H21ClN2O2. The van der Waals surface area contributed by atoms with Gasteiger partial charge in [-0.1, -0.05) is 53.5 Å². The molecule has 0 radical (unpaired) electrons. The van der Waals surface area contributed by atoms with E-state index in [1.807, 2.05) is 30.3 Å². The first-order valence-electron chi connectivity index (χ1n) is 7.07. The number of aliphatic hydroxyl groups excluding tert-OH is 1. The number of piperidine rings is 1. The smallest absolute Gasteiger partial charge is 0.175 e. The summed E-state index contributed by atoms with van der Waals surface area (Å²) in [6.45, 7) is 2.92. The summed E-state index contributed by atoms with van der Waals surface area (Å²) in [5.41, 5.74) is 0.805. The Morgan fingerprint density at radius 1 is 1.25 bits per heavy atom. The third kappa shape index (κ3) is 5.12. The van der Waals surface area contributed by atoms with E-state index < -0.39 is 6.10 Å². The highest BCUT2D eigenvalue weighted by Gasteiger charge is 2.14. The summed E-state index contributed by atoms with van der Waals surface area (Å²) in [4.78, 5) is 7.40. The van der Waals surface area contributed by atoms with Crippen LogP contribution in [0, 0.1) is 0 Å². The largest absolute Gasteiger partial charge is 0.392 e. The molecule has 1 unspecified atom stereocenters. The topological polar surface area (TPSA) is 45.1 Å². The zero-order valence-electron chi connectivity index (χ0n) is 11.5. The normalized spacial score (nSPS) is 18.8. The zero-order valence-corrected chi connectivity index (χ0v) is 12.3. The van der Waals surface area contributed by atoms with Gasteiger partial charge in [-0.3, -0.25) is 0 Å². The molecule has 0 bridgehead atoms. The summed E-state index contributed by atoms with van der Waals surface area (Å²) in [6, 6.07) is 9.41. The number of hydrogen-bond acceptors (Lipinski definition) is 4. The number of rotatable bonds is 6. The van der Waals surface area contributed by atoms with Gasteiger partial charge in [0.05, 0.1) is 0 Å². The van der Waals surface area contributed by atoms with E-state index in [1.165, 1.54) is 19.3 Å². The maximum absolute atomic E-state index is 9.91. The molecule has 1 aliphatic rings. The van der Waals surface area contributed by atoms with Gasteiger partial charge in [-0.15, -0.1) is 0 Å². The van der Waals surface area contributed by atoms with E-state index in [1.54, 1.807) is 0 Å². The van der Waals surface area contributed by atoms with Crippen molar-refractivity contribution < 1.29 is 9.94 Å². The van der Waals surface area contributed by atoms with Crippen molar-refractivity contribution in [1.29, 1.82) is 0 Å². The van der Waals surface area contributed by atoms with Gasteiger partial charge < -0.3 is 14.8 Å². The standard InChI is InChI=1S/C15H21ClN2O2/c16-15(13-7-3-1-4-8-13)17-20-12-14(19)11-18-9-5-2-6-10-18/h1,3-4,7-8,14,19H,2,5-6,9-12H2. The predicted molar refractivity (Wildman–Crippen MR) is 81.1 cm³/mol. The molecule has 0 spiro atoms. The lowest BCUT2D eigenvalue weighted by atomic mass is 10.1. The lowest BCUT2D eigenvalue weighted by Gasteiger charge is -2.27. The lowest BCUT2D eigenvalue weighted by Crippen LogP contribution is -2.38. The Kier molecular flexibility index (Phi) is 6.30. The van der Waals surface area contributed by atoms with Crippen molar-refractivity contribution in [2.45, 2.75) is 25.4 Å². The van der Waals surface area contributed by atoms with Crippen molar-refractivity contribution in [3.63, 3.8) is 0 Å². The van der Waals surface area contributed by atoms with Crippen LogP contribution in [0.25, 0.3) is 0 Å². The van der Waals surface area contributed by atoms with Crippen LogP contribution in [-0.2, 0) is 4.84 Å². The first kappa shape index (κ1) is 15.3. The van der Waals surface area contributed by atoms with Crippen LogP contribution in [0.15, 0.2) is 35.5 Å². The Bertz CT molecular complexity index is 419. The van der Waals surface area contributed by atoms with E-state index in [0.29, 0.717) is 11.7 Å². The molecule has 1 aliphatic heterocycles. The molecule has 0 saturated carbocycles. The van der Waals surface area contributed by atoms with E-state index in [-0.39, 0.29) is 6.61 Å². The quantitative estimate of drug-likeness (QED) is 0.648. The molecule has 20 heavy (non-hydrogen) atoms. The molecule has 1 fully saturated rings. The molecule has 4 nitrogen and oxygen atoms in total. The number of oxime groups is 1. The number of β-amino-alcohol motifs (C(OH)–C–C–N with tert-alkyl or cyclic N) is 1. The van der Waals surface area contributed by atoms with Gasteiger partial charge in [0.25, 0.3) is 0 Å². The van der Waals surface area contributed by atoms with Crippen LogP contribution >= 0.6 is 11.6 Å². The first-order valence-corrected chi connectivity index (χ1v) is 7.45. The van der Waals surface area contributed by atoms with Crippen LogP contribution in [0.2, 0.25) is 0 Å². The molecular weight excluding hydrogens is 276 g/mol. The number of hydrogen-bond donors (Lipinski definition) is 1. The molecule has 1 aromatic rings. The summed E-state index contributed by atoms with van der Waals surface area (Å²) >= 11 is 6.01. The monoisotopic (exact) mass is 296 g/mol. The van der Waals surface area contributed by atoms with Gasteiger partial charge in [-0.05, 0) is 25.9 Å². The SMILES string of the molecule is OC(CON=C(Cl)c1ccccc1)CN1CCCCC1.